The number of nitrogens with zero attached hydrogens (tertiary/aromatic N) is 2. The Hall–Kier alpha value is -2.51. The smallest absolute Gasteiger partial charge is 0.323 e. The first-order chi connectivity index (χ1) is 8.40. The highest BCUT2D eigenvalue weighted by molar-refractivity contribution is 5.95. The molecule has 1 aromatic heterocycles. The molecule has 0 aliphatic heterocycles. The first kappa shape index (κ1) is 13.6. The minimum absolute atomic E-state index is 0.350. The van der Waals surface area contributed by atoms with Gasteiger partial charge in [-0.2, -0.15) is 4.39 Å². The molecule has 96 valence electrons. The molecule has 2 N–H and O–H groups in total. The van der Waals surface area contributed by atoms with Gasteiger partial charge in [0.05, 0.1) is 0 Å². The van der Waals surface area contributed by atoms with Crippen molar-refractivity contribution in [3.8, 4) is 0 Å². The van der Waals surface area contributed by atoms with E-state index in [-0.39, 0.29) is 5.69 Å². The topological polar surface area (TPSA) is 108 Å². The minimum Gasteiger partial charge on any atom is -0.480 e. The average molecular weight is 256 g/mol. The van der Waals surface area contributed by atoms with Crippen LogP contribution in [0.4, 0.5) is 4.39 Å². The fraction of sp³-hybridized carbons (Fsp3) is 0.200. The lowest BCUT2D eigenvalue weighted by Crippen LogP contribution is -2.39. The Labute approximate surface area is 100 Å². The van der Waals surface area contributed by atoms with E-state index < -0.39 is 36.9 Å². The molecule has 0 aromatic carbocycles. The number of carbonyl (C=O) groups is 3. The summed E-state index contributed by atoms with van der Waals surface area (Å²) in [6.45, 7) is -1.60. The number of aliphatic carboxylic acids is 2. The summed E-state index contributed by atoms with van der Waals surface area (Å²) in [5.41, 5.74) is -0.350. The summed E-state index contributed by atoms with van der Waals surface area (Å²) in [4.78, 5) is 36.6. The van der Waals surface area contributed by atoms with Gasteiger partial charge in [0.25, 0.3) is 5.91 Å². The second kappa shape index (κ2) is 5.71. The summed E-state index contributed by atoms with van der Waals surface area (Å²) < 4.78 is 12.8. The van der Waals surface area contributed by atoms with Gasteiger partial charge in [-0.05, 0) is 12.1 Å². The number of amides is 1. The fourth-order valence-electron chi connectivity index (χ4n) is 1.22. The molecule has 18 heavy (non-hydrogen) atoms. The minimum atomic E-state index is -1.37. The normalized spacial score (nSPS) is 9.83. The van der Waals surface area contributed by atoms with E-state index >= 15 is 0 Å². The zero-order valence-corrected chi connectivity index (χ0v) is 9.04. The van der Waals surface area contributed by atoms with Gasteiger partial charge in [0.1, 0.15) is 18.8 Å². The summed E-state index contributed by atoms with van der Waals surface area (Å²) in [6, 6.07) is 3.40. The maximum atomic E-state index is 12.8. The largest absolute Gasteiger partial charge is 0.480 e. The van der Waals surface area contributed by atoms with Gasteiger partial charge in [-0.3, -0.25) is 14.4 Å². The summed E-state index contributed by atoms with van der Waals surface area (Å²) in [5.74, 6) is -4.62. The molecule has 1 rings (SSSR count). The molecule has 0 atom stereocenters. The van der Waals surface area contributed by atoms with Crippen molar-refractivity contribution in [2.45, 2.75) is 0 Å². The lowest BCUT2D eigenvalue weighted by atomic mass is 10.3. The van der Waals surface area contributed by atoms with E-state index in [1.54, 1.807) is 0 Å². The predicted molar refractivity (Wildman–Crippen MR) is 55.4 cm³/mol. The molecule has 0 saturated carbocycles. The number of carboxylic acids is 2. The summed E-state index contributed by atoms with van der Waals surface area (Å²) in [6.07, 6.45) is 0. The van der Waals surface area contributed by atoms with Gasteiger partial charge in [0.15, 0.2) is 0 Å². The van der Waals surface area contributed by atoms with Crippen molar-refractivity contribution in [1.82, 2.24) is 9.88 Å². The standard InChI is InChI=1S/C10H9FN2O5/c11-7-3-1-2-6(12-7)10(18)13(4-8(14)15)5-9(16)17/h1-3H,4-5H2,(H,14,15)(H,16,17). The highest BCUT2D eigenvalue weighted by Gasteiger charge is 2.22. The Balaban J connectivity index is 2.94. The number of carboxylic acid groups (broad SMARTS) is 2. The second-order valence-electron chi connectivity index (χ2n) is 3.29. The van der Waals surface area contributed by atoms with Crippen LogP contribution in [0.5, 0.6) is 0 Å². The van der Waals surface area contributed by atoms with Crippen molar-refractivity contribution in [2.75, 3.05) is 13.1 Å². The fourth-order valence-corrected chi connectivity index (χ4v) is 1.22. The van der Waals surface area contributed by atoms with Crippen molar-refractivity contribution in [3.63, 3.8) is 0 Å². The van der Waals surface area contributed by atoms with Gasteiger partial charge < -0.3 is 15.1 Å². The van der Waals surface area contributed by atoms with E-state index in [4.69, 9.17) is 10.2 Å². The molecule has 0 fully saturated rings. The van der Waals surface area contributed by atoms with Crippen molar-refractivity contribution in [1.29, 1.82) is 0 Å². The SMILES string of the molecule is O=C(O)CN(CC(=O)O)C(=O)c1cccc(F)n1. The van der Waals surface area contributed by atoms with Gasteiger partial charge in [-0.15, -0.1) is 0 Å². The van der Waals surface area contributed by atoms with Crippen molar-refractivity contribution >= 4 is 17.8 Å². The van der Waals surface area contributed by atoms with E-state index in [0.29, 0.717) is 4.90 Å². The number of halogens is 1. The predicted octanol–water partition coefficient (Wildman–Crippen LogP) is -0.168. The van der Waals surface area contributed by atoms with Crippen molar-refractivity contribution < 1.29 is 29.0 Å². The molecule has 0 bridgehead atoms. The molecule has 1 amide bonds. The van der Waals surface area contributed by atoms with Crippen LogP contribution in [-0.4, -0.2) is 51.0 Å². The average Bonchev–Trinajstić information content (AvgIpc) is 2.26. The zero-order valence-electron chi connectivity index (χ0n) is 9.04. The Kier molecular flexibility index (Phi) is 4.30. The Morgan fingerprint density at radius 2 is 1.72 bits per heavy atom. The number of pyridine rings is 1. The van der Waals surface area contributed by atoms with Crippen molar-refractivity contribution in [2.24, 2.45) is 0 Å². The molecule has 0 spiro atoms. The van der Waals surface area contributed by atoms with Gasteiger partial charge in [0, 0.05) is 0 Å². The van der Waals surface area contributed by atoms with Crippen LogP contribution in [0.3, 0.4) is 0 Å². The molecule has 0 unspecified atom stereocenters. The molecular weight excluding hydrogens is 247 g/mol. The second-order valence-corrected chi connectivity index (χ2v) is 3.29. The Morgan fingerprint density at radius 3 is 2.17 bits per heavy atom. The van der Waals surface area contributed by atoms with Gasteiger partial charge >= 0.3 is 11.9 Å². The third-order valence-electron chi connectivity index (χ3n) is 1.87. The number of carbonyl (C=O) groups excluding carboxylic acids is 1. The monoisotopic (exact) mass is 256 g/mol. The Morgan fingerprint density at radius 1 is 1.17 bits per heavy atom. The van der Waals surface area contributed by atoms with E-state index in [9.17, 15) is 18.8 Å². The first-order valence-electron chi connectivity index (χ1n) is 4.75. The van der Waals surface area contributed by atoms with Crippen LogP contribution in [0.1, 0.15) is 10.5 Å². The van der Waals surface area contributed by atoms with Gasteiger partial charge in [0.2, 0.25) is 5.95 Å². The van der Waals surface area contributed by atoms with Gasteiger partial charge in [-0.25, -0.2) is 4.98 Å². The van der Waals surface area contributed by atoms with Crippen molar-refractivity contribution in [3.05, 3.63) is 29.8 Å². The molecule has 7 nitrogen and oxygen atoms in total. The molecule has 0 aliphatic carbocycles. The van der Waals surface area contributed by atoms with Crippen LogP contribution in [0.15, 0.2) is 18.2 Å². The number of aromatic nitrogens is 1. The van der Waals surface area contributed by atoms with Crippen LogP contribution in [0.2, 0.25) is 0 Å². The third kappa shape index (κ3) is 3.81. The van der Waals surface area contributed by atoms with Crippen LogP contribution in [-0.2, 0) is 9.59 Å². The van der Waals surface area contributed by atoms with E-state index in [1.165, 1.54) is 12.1 Å². The summed E-state index contributed by atoms with van der Waals surface area (Å²) in [5, 5.41) is 17.1. The van der Waals surface area contributed by atoms with E-state index in [2.05, 4.69) is 4.98 Å². The molecule has 0 aliphatic rings. The van der Waals surface area contributed by atoms with Crippen LogP contribution in [0.25, 0.3) is 0 Å². The summed E-state index contributed by atoms with van der Waals surface area (Å²) >= 11 is 0. The highest BCUT2D eigenvalue weighted by atomic mass is 19.1. The quantitative estimate of drug-likeness (QED) is 0.708. The lowest BCUT2D eigenvalue weighted by molar-refractivity contribution is -0.140. The summed E-state index contributed by atoms with van der Waals surface area (Å²) in [7, 11) is 0. The van der Waals surface area contributed by atoms with Crippen LogP contribution < -0.4 is 0 Å². The molecular formula is C10H9FN2O5. The number of hydrogen-bond acceptors (Lipinski definition) is 4. The number of rotatable bonds is 5. The van der Waals surface area contributed by atoms with E-state index in [1.807, 2.05) is 0 Å². The Bertz CT molecular complexity index is 475. The van der Waals surface area contributed by atoms with Gasteiger partial charge in [-0.1, -0.05) is 6.07 Å². The highest BCUT2D eigenvalue weighted by Crippen LogP contribution is 2.03. The molecule has 0 radical (unpaired) electrons. The third-order valence-corrected chi connectivity index (χ3v) is 1.87. The first-order valence-corrected chi connectivity index (χ1v) is 4.75. The molecule has 1 aromatic rings. The molecule has 8 heteroatoms. The van der Waals surface area contributed by atoms with Crippen LogP contribution in [0, 0.1) is 5.95 Å². The lowest BCUT2D eigenvalue weighted by Gasteiger charge is -2.17. The maximum absolute atomic E-state index is 12.8. The molecule has 1 heterocycles. The maximum Gasteiger partial charge on any atom is 0.323 e. The zero-order chi connectivity index (χ0) is 13.7. The van der Waals surface area contributed by atoms with Crippen LogP contribution >= 0.6 is 0 Å². The molecule has 0 saturated heterocycles. The van der Waals surface area contributed by atoms with E-state index in [0.717, 1.165) is 6.07 Å². The number of hydrogen-bond donors (Lipinski definition) is 2.